The molecule has 0 bridgehead atoms. The molecule has 3 N–H and O–H groups in total. The van der Waals surface area contributed by atoms with E-state index in [1.807, 2.05) is 60.5 Å². The number of aliphatic carboxylic acids is 1. The van der Waals surface area contributed by atoms with E-state index in [0.717, 1.165) is 117 Å². The third-order valence-electron chi connectivity index (χ3n) is 11.7. The summed E-state index contributed by atoms with van der Waals surface area (Å²) in [6.07, 6.45) is 6.21. The summed E-state index contributed by atoms with van der Waals surface area (Å²) in [5.74, 6) is -0.164. The van der Waals surface area contributed by atoms with Crippen LogP contribution in [-0.2, 0) is 44.8 Å². The number of nitrogens with zero attached hydrogens (tertiary/aromatic N) is 6. The highest BCUT2D eigenvalue weighted by atomic mass is 35.5. The number of likely N-dealkylation sites (N-methyl/N-ethyl adjacent to an activating group) is 1. The molecule has 0 saturated heterocycles. The van der Waals surface area contributed by atoms with Crippen LogP contribution in [0.4, 0.5) is 11.4 Å². The third kappa shape index (κ3) is 7.49. The fourth-order valence-electron chi connectivity index (χ4n) is 8.35. The molecular formula is C40H49ClN8O4. The number of rotatable bonds is 10. The van der Waals surface area contributed by atoms with Crippen LogP contribution in [0.3, 0.4) is 0 Å². The van der Waals surface area contributed by atoms with Crippen molar-refractivity contribution in [1.29, 1.82) is 0 Å². The van der Waals surface area contributed by atoms with Gasteiger partial charge in [-0.2, -0.15) is 0 Å². The maximum atomic E-state index is 13.7. The molecule has 2 amide bonds. The van der Waals surface area contributed by atoms with Gasteiger partial charge in [0.25, 0.3) is 11.8 Å². The highest BCUT2D eigenvalue weighted by molar-refractivity contribution is 6.36. The highest BCUT2D eigenvalue weighted by Crippen LogP contribution is 2.38. The maximum Gasteiger partial charge on any atom is 0.306 e. The Bertz CT molecular complexity index is 2050. The van der Waals surface area contributed by atoms with E-state index < -0.39 is 5.97 Å². The van der Waals surface area contributed by atoms with E-state index in [-0.39, 0.29) is 17.7 Å². The molecule has 1 saturated carbocycles. The molecule has 2 aromatic carbocycles. The van der Waals surface area contributed by atoms with E-state index in [1.54, 1.807) is 6.07 Å². The number of hydrogen-bond acceptors (Lipinski definition) is 7. The zero-order valence-electron chi connectivity index (χ0n) is 31.0. The van der Waals surface area contributed by atoms with Gasteiger partial charge in [-0.05, 0) is 81.3 Å². The lowest BCUT2D eigenvalue weighted by molar-refractivity contribution is -0.143. The molecule has 1 fully saturated rings. The molecule has 13 heteroatoms. The van der Waals surface area contributed by atoms with Crippen molar-refractivity contribution >= 4 is 40.8 Å². The van der Waals surface area contributed by atoms with Gasteiger partial charge in [0.2, 0.25) is 0 Å². The van der Waals surface area contributed by atoms with Crippen LogP contribution >= 0.6 is 11.6 Å². The standard InChI is InChI=1S/C40H49ClN8O4/c1-5-48-20-17-33-31(22-48)42-36(46(33)3)38(50)44-29-10-6-8-27(24(29)2)28-9-7-11-30(35(28)41)45-39(51)37-43-32-23-49(21-18-34(32)47(37)4)19-16-25-12-14-26(15-13-25)40(52)53/h6-11,25-26H,5,12-23H2,1-4H3,(H,44,50)(H,45,51)(H,52,53). The van der Waals surface area contributed by atoms with Crippen LogP contribution in [0.15, 0.2) is 36.4 Å². The minimum absolute atomic E-state index is 0.190. The second kappa shape index (κ2) is 15.5. The van der Waals surface area contributed by atoms with E-state index in [1.165, 1.54) is 0 Å². The van der Waals surface area contributed by atoms with E-state index in [9.17, 15) is 19.5 Å². The number of benzene rings is 2. The molecule has 2 aromatic heterocycles. The van der Waals surface area contributed by atoms with Crippen LogP contribution in [-0.4, -0.2) is 78.0 Å². The number of halogens is 1. The van der Waals surface area contributed by atoms with Gasteiger partial charge < -0.3 is 24.9 Å². The van der Waals surface area contributed by atoms with Crippen molar-refractivity contribution in [1.82, 2.24) is 28.9 Å². The molecule has 0 spiro atoms. The Labute approximate surface area is 315 Å². The van der Waals surface area contributed by atoms with Gasteiger partial charge in [-0.3, -0.25) is 24.2 Å². The monoisotopic (exact) mass is 740 g/mol. The Hall–Kier alpha value is -4.52. The van der Waals surface area contributed by atoms with Crippen molar-refractivity contribution in [2.75, 3.05) is 36.8 Å². The second-order valence-corrected chi connectivity index (χ2v) is 15.2. The Balaban J connectivity index is 1.02. The first kappa shape index (κ1) is 36.8. The summed E-state index contributed by atoms with van der Waals surface area (Å²) >= 11 is 7.00. The molecule has 0 radical (unpaired) electrons. The first-order valence-electron chi connectivity index (χ1n) is 18.8. The number of anilines is 2. The largest absolute Gasteiger partial charge is 0.481 e. The number of carbonyl (C=O) groups is 3. The van der Waals surface area contributed by atoms with E-state index in [4.69, 9.17) is 21.6 Å². The van der Waals surface area contributed by atoms with E-state index >= 15 is 0 Å². The molecule has 7 rings (SSSR count). The molecule has 4 heterocycles. The van der Waals surface area contributed by atoms with E-state index in [0.29, 0.717) is 40.5 Å². The third-order valence-corrected chi connectivity index (χ3v) is 12.1. The van der Waals surface area contributed by atoms with Crippen LogP contribution < -0.4 is 10.6 Å². The number of aromatic nitrogens is 4. The fraction of sp³-hybridized carbons (Fsp3) is 0.475. The summed E-state index contributed by atoms with van der Waals surface area (Å²) in [5, 5.41) is 15.8. The summed E-state index contributed by atoms with van der Waals surface area (Å²) in [5.41, 5.74) is 7.60. The molecule has 280 valence electrons. The summed E-state index contributed by atoms with van der Waals surface area (Å²) in [6, 6.07) is 11.2. The average Bonchev–Trinajstić information content (AvgIpc) is 3.67. The predicted octanol–water partition coefficient (Wildman–Crippen LogP) is 6.30. The Morgan fingerprint density at radius 3 is 1.96 bits per heavy atom. The lowest BCUT2D eigenvalue weighted by Gasteiger charge is -2.30. The number of carbonyl (C=O) groups excluding carboxylic acids is 2. The second-order valence-electron chi connectivity index (χ2n) is 14.8. The van der Waals surface area contributed by atoms with Gasteiger partial charge >= 0.3 is 5.97 Å². The molecule has 53 heavy (non-hydrogen) atoms. The lowest BCUT2D eigenvalue weighted by Crippen LogP contribution is -2.33. The molecule has 0 unspecified atom stereocenters. The number of amides is 2. The molecule has 12 nitrogen and oxygen atoms in total. The number of hydrogen-bond donors (Lipinski definition) is 3. The SMILES string of the molecule is CCN1CCc2c(nc(C(=O)Nc3cccc(-c4cccc(NC(=O)c5nc6c(n5C)CCN(CCC5CCC(C(=O)O)CC5)C6)c4Cl)c3C)n2C)C1. The zero-order chi connectivity index (χ0) is 37.4. The molecular weight excluding hydrogens is 692 g/mol. The van der Waals surface area contributed by atoms with Crippen LogP contribution in [0.5, 0.6) is 0 Å². The van der Waals surface area contributed by atoms with Crippen LogP contribution in [0, 0.1) is 18.8 Å². The highest BCUT2D eigenvalue weighted by Gasteiger charge is 2.29. The predicted molar refractivity (Wildman–Crippen MR) is 205 cm³/mol. The first-order chi connectivity index (χ1) is 25.5. The van der Waals surface area contributed by atoms with Gasteiger partial charge in [0.05, 0.1) is 28.0 Å². The lowest BCUT2D eigenvalue weighted by atomic mass is 9.80. The van der Waals surface area contributed by atoms with E-state index in [2.05, 4.69) is 27.4 Å². The van der Waals surface area contributed by atoms with Crippen molar-refractivity contribution in [3.63, 3.8) is 0 Å². The van der Waals surface area contributed by atoms with Gasteiger partial charge in [-0.15, -0.1) is 0 Å². The zero-order valence-corrected chi connectivity index (χ0v) is 31.8. The molecule has 2 aliphatic heterocycles. The van der Waals surface area contributed by atoms with Crippen LogP contribution in [0.1, 0.15) is 88.6 Å². The molecule has 4 aromatic rings. The summed E-state index contributed by atoms with van der Waals surface area (Å²) in [7, 11) is 3.79. The van der Waals surface area contributed by atoms with Crippen molar-refractivity contribution in [3.05, 3.63) is 81.4 Å². The van der Waals surface area contributed by atoms with Crippen molar-refractivity contribution in [2.45, 2.75) is 71.9 Å². The summed E-state index contributed by atoms with van der Waals surface area (Å²) < 4.78 is 3.80. The fourth-order valence-corrected chi connectivity index (χ4v) is 8.63. The summed E-state index contributed by atoms with van der Waals surface area (Å²) in [6.45, 7) is 9.24. The quantitative estimate of drug-likeness (QED) is 0.172. The first-order valence-corrected chi connectivity index (χ1v) is 19.2. The van der Waals surface area contributed by atoms with Gasteiger partial charge in [0.1, 0.15) is 0 Å². The number of carboxylic acid groups (broad SMARTS) is 1. The Morgan fingerprint density at radius 1 is 0.811 bits per heavy atom. The molecule has 3 aliphatic rings. The van der Waals surface area contributed by atoms with Crippen molar-refractivity contribution in [3.8, 4) is 11.1 Å². The van der Waals surface area contributed by atoms with Crippen molar-refractivity contribution in [2.24, 2.45) is 25.9 Å². The maximum absolute atomic E-state index is 13.7. The van der Waals surface area contributed by atoms with Crippen molar-refractivity contribution < 1.29 is 19.5 Å². The van der Waals surface area contributed by atoms with Gasteiger partial charge in [0, 0.05) is 75.8 Å². The Morgan fingerprint density at radius 2 is 1.36 bits per heavy atom. The topological polar surface area (TPSA) is 138 Å². The minimum Gasteiger partial charge on any atom is -0.481 e. The van der Waals surface area contributed by atoms with Gasteiger partial charge in [0.15, 0.2) is 11.6 Å². The van der Waals surface area contributed by atoms with Gasteiger partial charge in [-0.1, -0.05) is 42.8 Å². The van der Waals surface area contributed by atoms with Crippen LogP contribution in [0.2, 0.25) is 5.02 Å². The minimum atomic E-state index is -0.664. The Kier molecular flexibility index (Phi) is 10.7. The number of fused-ring (bicyclic) bond motifs is 2. The normalized spacial score (nSPS) is 19.0. The smallest absolute Gasteiger partial charge is 0.306 e. The number of imidazole rings is 2. The number of carboxylic acids is 1. The molecule has 1 aliphatic carbocycles. The average molecular weight is 741 g/mol. The summed E-state index contributed by atoms with van der Waals surface area (Å²) in [4.78, 5) is 52.8. The molecule has 0 atom stereocenters. The van der Waals surface area contributed by atoms with Crippen LogP contribution in [0.25, 0.3) is 11.1 Å². The van der Waals surface area contributed by atoms with Gasteiger partial charge in [-0.25, -0.2) is 9.97 Å². The number of nitrogens with one attached hydrogen (secondary N) is 2.